The number of thiazole rings is 1. The van der Waals surface area contributed by atoms with E-state index in [0.717, 1.165) is 23.5 Å². The standard InChI is InChI=1S/C12H14ClN7OS/c1-15-11(21)19-12-16-6-2-3-20(5-7(6)22-12)9-4-8(13)17-10(14)18-9/h4H,2-3,5H2,1H3,(H2,14,17,18)(H2,15,16,19,21). The van der Waals surface area contributed by atoms with Gasteiger partial charge in [0.25, 0.3) is 0 Å². The van der Waals surface area contributed by atoms with Crippen LogP contribution in [-0.4, -0.2) is 34.6 Å². The summed E-state index contributed by atoms with van der Waals surface area (Å²) in [5, 5.41) is 6.10. The van der Waals surface area contributed by atoms with E-state index in [2.05, 4.69) is 30.5 Å². The van der Waals surface area contributed by atoms with Gasteiger partial charge in [0.2, 0.25) is 5.95 Å². The minimum Gasteiger partial charge on any atom is -0.368 e. The lowest BCUT2D eigenvalue weighted by atomic mass is 10.2. The Bertz CT molecular complexity index is 699. The molecule has 116 valence electrons. The molecule has 2 aromatic heterocycles. The molecule has 2 aromatic rings. The van der Waals surface area contributed by atoms with Crippen LogP contribution in [0.4, 0.5) is 21.7 Å². The first-order valence-corrected chi connectivity index (χ1v) is 7.77. The summed E-state index contributed by atoms with van der Waals surface area (Å²) in [6.07, 6.45) is 0.767. The summed E-state index contributed by atoms with van der Waals surface area (Å²) in [4.78, 5) is 27.0. The number of rotatable bonds is 2. The molecule has 2 amide bonds. The number of hydrogen-bond acceptors (Lipinski definition) is 7. The van der Waals surface area contributed by atoms with Crippen LogP contribution in [0.3, 0.4) is 0 Å². The number of aromatic nitrogens is 3. The minimum atomic E-state index is -0.279. The van der Waals surface area contributed by atoms with Gasteiger partial charge in [0.05, 0.1) is 12.2 Å². The summed E-state index contributed by atoms with van der Waals surface area (Å²) in [5.41, 5.74) is 6.64. The zero-order valence-electron chi connectivity index (χ0n) is 11.8. The zero-order valence-corrected chi connectivity index (χ0v) is 13.3. The fourth-order valence-electron chi connectivity index (χ4n) is 2.19. The summed E-state index contributed by atoms with van der Waals surface area (Å²) in [7, 11) is 1.56. The van der Waals surface area contributed by atoms with E-state index in [1.807, 2.05) is 0 Å². The first kappa shape index (κ1) is 14.8. The van der Waals surface area contributed by atoms with E-state index in [-0.39, 0.29) is 12.0 Å². The van der Waals surface area contributed by atoms with Crippen LogP contribution in [0.5, 0.6) is 0 Å². The van der Waals surface area contributed by atoms with Gasteiger partial charge in [-0.15, -0.1) is 0 Å². The molecule has 3 heterocycles. The number of urea groups is 1. The highest BCUT2D eigenvalue weighted by Crippen LogP contribution is 2.30. The predicted molar refractivity (Wildman–Crippen MR) is 86.4 cm³/mol. The van der Waals surface area contributed by atoms with E-state index < -0.39 is 0 Å². The highest BCUT2D eigenvalue weighted by atomic mass is 35.5. The van der Waals surface area contributed by atoms with Crippen LogP contribution in [0, 0.1) is 0 Å². The van der Waals surface area contributed by atoms with Gasteiger partial charge in [-0.3, -0.25) is 5.32 Å². The molecule has 8 nitrogen and oxygen atoms in total. The maximum Gasteiger partial charge on any atom is 0.320 e. The molecular weight excluding hydrogens is 326 g/mol. The van der Waals surface area contributed by atoms with Gasteiger partial charge in [-0.1, -0.05) is 22.9 Å². The van der Waals surface area contributed by atoms with Crippen molar-refractivity contribution in [3.05, 3.63) is 21.8 Å². The molecule has 0 atom stereocenters. The third-order valence-electron chi connectivity index (χ3n) is 3.20. The topological polar surface area (TPSA) is 109 Å². The summed E-state index contributed by atoms with van der Waals surface area (Å²) < 4.78 is 0. The van der Waals surface area contributed by atoms with E-state index in [1.54, 1.807) is 13.1 Å². The van der Waals surface area contributed by atoms with Crippen molar-refractivity contribution in [2.45, 2.75) is 13.0 Å². The van der Waals surface area contributed by atoms with Crippen molar-refractivity contribution in [2.75, 3.05) is 29.5 Å². The van der Waals surface area contributed by atoms with Crippen molar-refractivity contribution < 1.29 is 4.79 Å². The number of anilines is 3. The second kappa shape index (κ2) is 5.93. The molecular formula is C12H14ClN7OS. The predicted octanol–water partition coefficient (Wildman–Crippen LogP) is 1.48. The highest BCUT2D eigenvalue weighted by Gasteiger charge is 2.22. The minimum absolute atomic E-state index is 0.152. The second-order valence-corrected chi connectivity index (χ2v) is 6.14. The third-order valence-corrected chi connectivity index (χ3v) is 4.39. The molecule has 0 bridgehead atoms. The molecule has 1 aliphatic rings. The van der Waals surface area contributed by atoms with Crippen molar-refractivity contribution in [2.24, 2.45) is 0 Å². The van der Waals surface area contributed by atoms with Gasteiger partial charge in [-0.2, -0.15) is 4.98 Å². The van der Waals surface area contributed by atoms with Crippen molar-refractivity contribution in [3.8, 4) is 0 Å². The summed E-state index contributed by atoms with van der Waals surface area (Å²) in [6, 6.07) is 1.41. The smallest absolute Gasteiger partial charge is 0.320 e. The van der Waals surface area contributed by atoms with Crippen LogP contribution in [-0.2, 0) is 13.0 Å². The second-order valence-electron chi connectivity index (χ2n) is 4.67. The SMILES string of the molecule is CNC(=O)Nc1nc2c(s1)CN(c1cc(Cl)nc(N)n1)CC2. The van der Waals surface area contributed by atoms with E-state index in [1.165, 1.54) is 11.3 Å². The van der Waals surface area contributed by atoms with E-state index >= 15 is 0 Å². The molecule has 0 saturated heterocycles. The van der Waals surface area contributed by atoms with Gasteiger partial charge in [0, 0.05) is 31.0 Å². The first-order chi connectivity index (χ1) is 10.5. The molecule has 0 aromatic carbocycles. The Morgan fingerprint density at radius 2 is 2.27 bits per heavy atom. The van der Waals surface area contributed by atoms with Gasteiger partial charge >= 0.3 is 6.03 Å². The Labute approximate surface area is 135 Å². The number of hydrogen-bond donors (Lipinski definition) is 3. The molecule has 0 fully saturated rings. The highest BCUT2D eigenvalue weighted by molar-refractivity contribution is 7.15. The fourth-order valence-corrected chi connectivity index (χ4v) is 3.39. The molecule has 22 heavy (non-hydrogen) atoms. The Morgan fingerprint density at radius 1 is 1.45 bits per heavy atom. The molecule has 0 unspecified atom stereocenters. The molecule has 1 aliphatic heterocycles. The molecule has 4 N–H and O–H groups in total. The maximum absolute atomic E-state index is 11.3. The monoisotopic (exact) mass is 339 g/mol. The molecule has 0 spiro atoms. The number of halogens is 1. The molecule has 0 aliphatic carbocycles. The summed E-state index contributed by atoms with van der Waals surface area (Å²) >= 11 is 7.38. The molecule has 0 saturated carbocycles. The van der Waals surface area contributed by atoms with Crippen LogP contribution < -0.4 is 21.3 Å². The largest absolute Gasteiger partial charge is 0.368 e. The number of nitrogens with one attached hydrogen (secondary N) is 2. The van der Waals surface area contributed by atoms with E-state index in [4.69, 9.17) is 17.3 Å². The Morgan fingerprint density at radius 3 is 3.00 bits per heavy atom. The average Bonchev–Trinajstić information content (AvgIpc) is 2.87. The maximum atomic E-state index is 11.3. The van der Waals surface area contributed by atoms with Crippen molar-refractivity contribution in [3.63, 3.8) is 0 Å². The number of nitrogen functional groups attached to an aromatic ring is 1. The summed E-state index contributed by atoms with van der Waals surface area (Å²) in [6.45, 7) is 1.40. The number of amides is 2. The Hall–Kier alpha value is -2.13. The van der Waals surface area contributed by atoms with Crippen LogP contribution in [0.2, 0.25) is 5.15 Å². The number of nitrogens with zero attached hydrogens (tertiary/aromatic N) is 4. The van der Waals surface area contributed by atoms with Crippen LogP contribution in [0.1, 0.15) is 10.6 Å². The van der Waals surface area contributed by atoms with Gasteiger partial charge in [0.1, 0.15) is 11.0 Å². The van der Waals surface area contributed by atoms with E-state index in [0.29, 0.717) is 22.6 Å². The lowest BCUT2D eigenvalue weighted by Gasteiger charge is -2.27. The Balaban J connectivity index is 1.80. The van der Waals surface area contributed by atoms with Gasteiger partial charge < -0.3 is 16.0 Å². The number of carbonyl (C=O) groups excluding carboxylic acids is 1. The van der Waals surface area contributed by atoms with Crippen LogP contribution in [0.25, 0.3) is 0 Å². The summed E-state index contributed by atoms with van der Waals surface area (Å²) in [5.74, 6) is 0.844. The number of carbonyl (C=O) groups is 1. The van der Waals surface area contributed by atoms with Crippen molar-refractivity contribution in [1.29, 1.82) is 0 Å². The normalized spacial score (nSPS) is 13.6. The number of nitrogens with two attached hydrogens (primary N) is 1. The fraction of sp³-hybridized carbons (Fsp3) is 0.333. The van der Waals surface area contributed by atoms with Gasteiger partial charge in [-0.25, -0.2) is 14.8 Å². The molecule has 0 radical (unpaired) electrons. The lowest BCUT2D eigenvalue weighted by Crippen LogP contribution is -2.30. The number of fused-ring (bicyclic) bond motifs is 1. The average molecular weight is 340 g/mol. The van der Waals surface area contributed by atoms with Gasteiger partial charge in [-0.05, 0) is 0 Å². The lowest BCUT2D eigenvalue weighted by molar-refractivity contribution is 0.254. The van der Waals surface area contributed by atoms with Crippen LogP contribution in [0.15, 0.2) is 6.07 Å². The van der Waals surface area contributed by atoms with Crippen molar-refractivity contribution >= 4 is 45.9 Å². The van der Waals surface area contributed by atoms with E-state index in [9.17, 15) is 4.79 Å². The van der Waals surface area contributed by atoms with Gasteiger partial charge in [0.15, 0.2) is 5.13 Å². The molecule has 10 heteroatoms. The zero-order chi connectivity index (χ0) is 15.7. The quantitative estimate of drug-likeness (QED) is 0.715. The third kappa shape index (κ3) is 3.04. The van der Waals surface area contributed by atoms with Crippen molar-refractivity contribution in [1.82, 2.24) is 20.3 Å². The van der Waals surface area contributed by atoms with Crippen LogP contribution >= 0.6 is 22.9 Å². The Kier molecular flexibility index (Phi) is 3.99. The first-order valence-electron chi connectivity index (χ1n) is 6.57. The molecule has 3 rings (SSSR count).